The molecule has 0 saturated carbocycles. The summed E-state index contributed by atoms with van der Waals surface area (Å²) in [6.45, 7) is 8.29. The predicted octanol–water partition coefficient (Wildman–Crippen LogP) is 9.58. The first-order chi connectivity index (χ1) is 15.7. The Hall–Kier alpha value is -3.64. The van der Waals surface area contributed by atoms with Crippen LogP contribution in [0, 0.1) is 13.8 Å². The van der Waals surface area contributed by atoms with E-state index in [1.807, 2.05) is 19.9 Å². The molecule has 0 heteroatoms. The summed E-state index contributed by atoms with van der Waals surface area (Å²) in [5.41, 5.74) is 5.23. The Morgan fingerprint density at radius 2 is 0.938 bits per heavy atom. The van der Waals surface area contributed by atoms with E-state index in [2.05, 4.69) is 117 Å². The highest BCUT2D eigenvalue weighted by Gasteiger charge is 2.08. The third-order valence-corrected chi connectivity index (χ3v) is 5.91. The Morgan fingerprint density at radius 3 is 1.59 bits per heavy atom. The lowest BCUT2D eigenvalue weighted by Gasteiger charge is -2.11. The van der Waals surface area contributed by atoms with E-state index in [0.717, 1.165) is 0 Å². The highest BCUT2D eigenvalue weighted by Crippen LogP contribution is 2.35. The summed E-state index contributed by atoms with van der Waals surface area (Å²) < 4.78 is 0. The van der Waals surface area contributed by atoms with Crippen molar-refractivity contribution in [3.63, 3.8) is 0 Å². The van der Waals surface area contributed by atoms with Crippen molar-refractivity contribution in [1.82, 2.24) is 0 Å². The molecule has 0 atom stereocenters. The van der Waals surface area contributed by atoms with Gasteiger partial charge in [-0.25, -0.2) is 0 Å². The lowest BCUT2D eigenvalue weighted by atomic mass is 9.92. The second kappa shape index (κ2) is 9.66. The number of aryl methyl sites for hydroxylation is 2. The van der Waals surface area contributed by atoms with Gasteiger partial charge in [-0.05, 0) is 62.9 Å². The Morgan fingerprint density at radius 1 is 0.406 bits per heavy atom. The first kappa shape index (κ1) is 21.6. The van der Waals surface area contributed by atoms with Crippen LogP contribution >= 0.6 is 0 Å². The van der Waals surface area contributed by atoms with E-state index in [-0.39, 0.29) is 0 Å². The SMILES string of the molecule is CC.Cc1ccc(-c2ccccc2)cc1.Cc1ccc2ccc3cccc4ccc1c2c34. The van der Waals surface area contributed by atoms with Gasteiger partial charge in [0, 0.05) is 0 Å². The van der Waals surface area contributed by atoms with E-state index >= 15 is 0 Å². The summed E-state index contributed by atoms with van der Waals surface area (Å²) in [5.74, 6) is 0. The average Bonchev–Trinajstić information content (AvgIpc) is 2.86. The fourth-order valence-electron chi connectivity index (χ4n) is 4.26. The Labute approximate surface area is 191 Å². The van der Waals surface area contributed by atoms with Crippen molar-refractivity contribution in [3.05, 3.63) is 120 Å². The van der Waals surface area contributed by atoms with Gasteiger partial charge in [0.15, 0.2) is 0 Å². The predicted molar refractivity (Wildman–Crippen MR) is 143 cm³/mol. The maximum absolute atomic E-state index is 2.25. The molecule has 6 aromatic carbocycles. The van der Waals surface area contributed by atoms with E-state index in [1.54, 1.807) is 0 Å². The van der Waals surface area contributed by atoms with E-state index < -0.39 is 0 Å². The van der Waals surface area contributed by atoms with Crippen molar-refractivity contribution in [3.8, 4) is 11.1 Å². The van der Waals surface area contributed by atoms with Crippen molar-refractivity contribution in [1.29, 1.82) is 0 Å². The zero-order valence-electron chi connectivity index (χ0n) is 19.4. The lowest BCUT2D eigenvalue weighted by molar-refractivity contribution is 1.47. The van der Waals surface area contributed by atoms with Crippen molar-refractivity contribution in [2.45, 2.75) is 27.7 Å². The van der Waals surface area contributed by atoms with Crippen LogP contribution in [0.5, 0.6) is 0 Å². The molecule has 0 N–H and O–H groups in total. The normalized spacial score (nSPS) is 10.5. The fraction of sp³-hybridized carbons (Fsp3) is 0.125. The van der Waals surface area contributed by atoms with Crippen LogP contribution in [0.1, 0.15) is 25.0 Å². The number of benzene rings is 6. The second-order valence-electron chi connectivity index (χ2n) is 7.97. The van der Waals surface area contributed by atoms with Crippen molar-refractivity contribution in [2.75, 3.05) is 0 Å². The Balaban J connectivity index is 0.000000147. The smallest absolute Gasteiger partial charge is 0.00241 e. The van der Waals surface area contributed by atoms with Crippen LogP contribution in [0.3, 0.4) is 0 Å². The molecule has 0 spiro atoms. The molecule has 0 radical (unpaired) electrons. The summed E-state index contributed by atoms with van der Waals surface area (Å²) in [6.07, 6.45) is 0. The van der Waals surface area contributed by atoms with Gasteiger partial charge in [0.1, 0.15) is 0 Å². The van der Waals surface area contributed by atoms with E-state index in [1.165, 1.54) is 54.6 Å². The van der Waals surface area contributed by atoms with Gasteiger partial charge in [0.2, 0.25) is 0 Å². The number of rotatable bonds is 1. The van der Waals surface area contributed by atoms with E-state index in [4.69, 9.17) is 0 Å². The molecule has 0 amide bonds. The first-order valence-corrected chi connectivity index (χ1v) is 11.5. The quantitative estimate of drug-likeness (QED) is 0.235. The fourth-order valence-corrected chi connectivity index (χ4v) is 4.26. The van der Waals surface area contributed by atoms with Crippen LogP contribution in [0.25, 0.3) is 43.4 Å². The van der Waals surface area contributed by atoms with Gasteiger partial charge in [0.25, 0.3) is 0 Å². The Bertz CT molecular complexity index is 1410. The molecule has 0 bridgehead atoms. The highest BCUT2D eigenvalue weighted by molar-refractivity contribution is 6.23. The van der Waals surface area contributed by atoms with Crippen LogP contribution in [0.4, 0.5) is 0 Å². The topological polar surface area (TPSA) is 0 Å². The molecule has 158 valence electrons. The van der Waals surface area contributed by atoms with Gasteiger partial charge in [0.05, 0.1) is 0 Å². The van der Waals surface area contributed by atoms with Crippen LogP contribution in [-0.4, -0.2) is 0 Å². The maximum atomic E-state index is 2.25. The van der Waals surface area contributed by atoms with Crippen molar-refractivity contribution in [2.24, 2.45) is 0 Å². The van der Waals surface area contributed by atoms with Crippen LogP contribution < -0.4 is 0 Å². The Kier molecular flexibility index (Phi) is 6.52. The highest BCUT2D eigenvalue weighted by atomic mass is 14.1. The zero-order valence-corrected chi connectivity index (χ0v) is 19.4. The zero-order chi connectivity index (χ0) is 22.5. The van der Waals surface area contributed by atoms with Gasteiger partial charge in [-0.2, -0.15) is 0 Å². The maximum Gasteiger partial charge on any atom is -0.00241 e. The van der Waals surface area contributed by atoms with Gasteiger partial charge in [-0.15, -0.1) is 0 Å². The minimum absolute atomic E-state index is 1.28. The molecule has 0 nitrogen and oxygen atoms in total. The van der Waals surface area contributed by atoms with Crippen molar-refractivity contribution < 1.29 is 0 Å². The van der Waals surface area contributed by atoms with E-state index in [9.17, 15) is 0 Å². The molecule has 0 aliphatic rings. The summed E-state index contributed by atoms with van der Waals surface area (Å²) in [5, 5.41) is 8.23. The number of hydrogen-bond donors (Lipinski definition) is 0. The van der Waals surface area contributed by atoms with Crippen molar-refractivity contribution >= 4 is 32.3 Å². The average molecular weight is 415 g/mol. The molecule has 0 saturated heterocycles. The molecule has 0 aliphatic heterocycles. The van der Waals surface area contributed by atoms with Crippen LogP contribution in [-0.2, 0) is 0 Å². The molecular formula is C32H30. The van der Waals surface area contributed by atoms with Crippen LogP contribution in [0.2, 0.25) is 0 Å². The third-order valence-electron chi connectivity index (χ3n) is 5.91. The summed E-state index contributed by atoms with van der Waals surface area (Å²) in [7, 11) is 0. The molecule has 0 aliphatic carbocycles. The molecule has 0 heterocycles. The van der Waals surface area contributed by atoms with Crippen LogP contribution in [0.15, 0.2) is 109 Å². The van der Waals surface area contributed by atoms with Gasteiger partial charge < -0.3 is 0 Å². The second-order valence-corrected chi connectivity index (χ2v) is 7.97. The largest absolute Gasteiger partial charge is 0.0683 e. The molecule has 0 aromatic heterocycles. The number of hydrogen-bond acceptors (Lipinski definition) is 0. The molecule has 6 aromatic rings. The van der Waals surface area contributed by atoms with Gasteiger partial charge in [-0.3, -0.25) is 0 Å². The first-order valence-electron chi connectivity index (χ1n) is 11.5. The molecule has 6 rings (SSSR count). The van der Waals surface area contributed by atoms with E-state index in [0.29, 0.717) is 0 Å². The summed E-state index contributed by atoms with van der Waals surface area (Å²) in [4.78, 5) is 0. The minimum atomic E-state index is 1.28. The molecular weight excluding hydrogens is 384 g/mol. The monoisotopic (exact) mass is 414 g/mol. The van der Waals surface area contributed by atoms with Gasteiger partial charge >= 0.3 is 0 Å². The molecule has 32 heavy (non-hydrogen) atoms. The molecule has 0 fully saturated rings. The summed E-state index contributed by atoms with van der Waals surface area (Å²) in [6, 6.07) is 38.9. The molecule has 0 unspecified atom stereocenters. The lowest BCUT2D eigenvalue weighted by Crippen LogP contribution is -1.85. The minimum Gasteiger partial charge on any atom is -0.0683 e. The third kappa shape index (κ3) is 4.22. The van der Waals surface area contributed by atoms with Gasteiger partial charge in [-0.1, -0.05) is 129 Å². The standard InChI is InChI=1S/C17H12.C13H12.C2H6/c1-11-5-6-14-8-7-12-3-2-4-13-9-10-15(11)17(14)16(12)13;1-11-7-9-13(10-8-11)12-5-3-2-4-6-12;1-2/h2-10H,1H3;2-10H,1H3;1-2H3. The summed E-state index contributed by atoms with van der Waals surface area (Å²) >= 11 is 0.